The third-order valence-corrected chi connectivity index (χ3v) is 4.14. The van der Waals surface area contributed by atoms with E-state index in [9.17, 15) is 4.79 Å². The van der Waals surface area contributed by atoms with Crippen LogP contribution in [-0.2, 0) is 0 Å². The molecule has 1 aliphatic rings. The highest BCUT2D eigenvalue weighted by Crippen LogP contribution is 2.27. The molecule has 2 amide bonds. The van der Waals surface area contributed by atoms with Crippen LogP contribution >= 0.6 is 0 Å². The second-order valence-electron chi connectivity index (χ2n) is 6.45. The molecule has 0 heterocycles. The van der Waals surface area contributed by atoms with E-state index < -0.39 is 0 Å². The van der Waals surface area contributed by atoms with E-state index in [2.05, 4.69) is 37.4 Å². The molecule has 4 heteroatoms. The molecular weight excluding hydrogens is 276 g/mol. The van der Waals surface area contributed by atoms with Crippen LogP contribution in [0.3, 0.4) is 0 Å². The zero-order valence-corrected chi connectivity index (χ0v) is 13.9. The van der Waals surface area contributed by atoms with Gasteiger partial charge in [-0.2, -0.15) is 0 Å². The van der Waals surface area contributed by atoms with Gasteiger partial charge in [-0.15, -0.1) is 0 Å². The molecule has 1 aromatic rings. The zero-order valence-electron chi connectivity index (χ0n) is 13.9. The van der Waals surface area contributed by atoms with Crippen LogP contribution < -0.4 is 5.32 Å². The van der Waals surface area contributed by atoms with Crippen LogP contribution in [0.4, 0.5) is 4.79 Å². The normalized spacial score (nSPS) is 15.5. The van der Waals surface area contributed by atoms with Crippen LogP contribution in [0.25, 0.3) is 0 Å². The Morgan fingerprint density at radius 1 is 1.27 bits per heavy atom. The van der Waals surface area contributed by atoms with Crippen molar-refractivity contribution in [3.63, 3.8) is 0 Å². The molecule has 122 valence electrons. The van der Waals surface area contributed by atoms with Gasteiger partial charge in [-0.1, -0.05) is 29.3 Å². The second-order valence-corrected chi connectivity index (χ2v) is 6.45. The number of hydrogen-bond acceptors (Lipinski definition) is 2. The van der Waals surface area contributed by atoms with Crippen molar-refractivity contribution in [1.82, 2.24) is 10.2 Å². The van der Waals surface area contributed by atoms with Gasteiger partial charge in [-0.25, -0.2) is 4.79 Å². The van der Waals surface area contributed by atoms with Gasteiger partial charge in [-0.05, 0) is 52.0 Å². The van der Waals surface area contributed by atoms with Gasteiger partial charge < -0.3 is 15.3 Å². The Labute approximate surface area is 133 Å². The lowest BCUT2D eigenvalue weighted by atomic mass is 10.0. The highest BCUT2D eigenvalue weighted by molar-refractivity contribution is 5.75. The molecule has 22 heavy (non-hydrogen) atoms. The molecule has 0 saturated heterocycles. The number of rotatable bonds is 7. The Balaban J connectivity index is 1.96. The SMILES string of the molecule is Cc1cc(C)cc(C(C)NC(=O)N(CCCCO)C2CC2)c1. The first-order valence-electron chi connectivity index (χ1n) is 8.27. The van der Waals surface area contributed by atoms with Crippen molar-refractivity contribution in [2.75, 3.05) is 13.2 Å². The Morgan fingerprint density at radius 3 is 2.45 bits per heavy atom. The first-order valence-corrected chi connectivity index (χ1v) is 8.27. The Bertz CT molecular complexity index is 492. The van der Waals surface area contributed by atoms with Crippen LogP contribution in [-0.4, -0.2) is 35.2 Å². The summed E-state index contributed by atoms with van der Waals surface area (Å²) in [4.78, 5) is 14.5. The summed E-state index contributed by atoms with van der Waals surface area (Å²) < 4.78 is 0. The topological polar surface area (TPSA) is 52.6 Å². The van der Waals surface area contributed by atoms with Crippen LogP contribution in [0.1, 0.15) is 55.3 Å². The van der Waals surface area contributed by atoms with Crippen molar-refractivity contribution in [1.29, 1.82) is 0 Å². The summed E-state index contributed by atoms with van der Waals surface area (Å²) in [5.74, 6) is 0. The quantitative estimate of drug-likeness (QED) is 0.759. The number of amides is 2. The minimum Gasteiger partial charge on any atom is -0.396 e. The number of carbonyl (C=O) groups excluding carboxylic acids is 1. The average molecular weight is 304 g/mol. The third-order valence-electron chi connectivity index (χ3n) is 4.14. The number of aliphatic hydroxyl groups excluding tert-OH is 1. The number of aliphatic hydroxyl groups is 1. The molecule has 4 nitrogen and oxygen atoms in total. The molecule has 2 rings (SSSR count). The van der Waals surface area contributed by atoms with E-state index in [1.165, 1.54) is 11.1 Å². The lowest BCUT2D eigenvalue weighted by molar-refractivity contribution is 0.187. The number of carbonyl (C=O) groups is 1. The van der Waals surface area contributed by atoms with Crippen LogP contribution in [0.15, 0.2) is 18.2 Å². The number of urea groups is 1. The van der Waals surface area contributed by atoms with E-state index in [1.807, 2.05) is 11.8 Å². The van der Waals surface area contributed by atoms with E-state index in [4.69, 9.17) is 5.11 Å². The Hall–Kier alpha value is -1.55. The van der Waals surface area contributed by atoms with Crippen molar-refractivity contribution in [3.05, 3.63) is 34.9 Å². The van der Waals surface area contributed by atoms with Gasteiger partial charge >= 0.3 is 6.03 Å². The molecule has 1 unspecified atom stereocenters. The fourth-order valence-corrected chi connectivity index (χ4v) is 2.84. The van der Waals surface area contributed by atoms with E-state index >= 15 is 0 Å². The molecule has 0 spiro atoms. The first-order chi connectivity index (χ1) is 10.5. The Kier molecular flexibility index (Phi) is 5.83. The fourth-order valence-electron chi connectivity index (χ4n) is 2.84. The predicted octanol–water partition coefficient (Wildman–Crippen LogP) is 3.31. The minimum atomic E-state index is 0.00481. The highest BCUT2D eigenvalue weighted by atomic mass is 16.3. The molecule has 0 bridgehead atoms. The largest absolute Gasteiger partial charge is 0.396 e. The van der Waals surface area contributed by atoms with Gasteiger partial charge in [0, 0.05) is 19.2 Å². The van der Waals surface area contributed by atoms with Gasteiger partial charge in [0.1, 0.15) is 0 Å². The fraction of sp³-hybridized carbons (Fsp3) is 0.611. The lowest BCUT2D eigenvalue weighted by Gasteiger charge is -2.25. The monoisotopic (exact) mass is 304 g/mol. The van der Waals surface area contributed by atoms with Crippen LogP contribution in [0.5, 0.6) is 0 Å². The number of nitrogens with one attached hydrogen (secondary N) is 1. The van der Waals surface area contributed by atoms with E-state index in [1.54, 1.807) is 0 Å². The maximum Gasteiger partial charge on any atom is 0.318 e. The van der Waals surface area contributed by atoms with Crippen LogP contribution in [0, 0.1) is 13.8 Å². The van der Waals surface area contributed by atoms with Crippen molar-refractivity contribution in [3.8, 4) is 0 Å². The molecular formula is C18H28N2O2. The molecule has 1 atom stereocenters. The Morgan fingerprint density at radius 2 is 1.91 bits per heavy atom. The van der Waals surface area contributed by atoms with Crippen molar-refractivity contribution in [2.24, 2.45) is 0 Å². The molecule has 1 fully saturated rings. The standard InChI is InChI=1S/C18H28N2O2/c1-13-10-14(2)12-16(11-13)15(3)19-18(22)20(17-6-7-17)8-4-5-9-21/h10-12,15,17,21H,4-9H2,1-3H3,(H,19,22). The van der Waals surface area contributed by atoms with Gasteiger partial charge in [0.15, 0.2) is 0 Å². The summed E-state index contributed by atoms with van der Waals surface area (Å²) >= 11 is 0. The first kappa shape index (κ1) is 16.8. The van der Waals surface area contributed by atoms with E-state index in [0.717, 1.165) is 37.8 Å². The molecule has 2 N–H and O–H groups in total. The predicted molar refractivity (Wildman–Crippen MR) is 88.9 cm³/mol. The third kappa shape index (κ3) is 4.73. The number of unbranched alkanes of at least 4 members (excludes halogenated alkanes) is 1. The summed E-state index contributed by atoms with van der Waals surface area (Å²) in [5, 5.41) is 12.0. The lowest BCUT2D eigenvalue weighted by Crippen LogP contribution is -2.43. The maximum absolute atomic E-state index is 12.5. The summed E-state index contributed by atoms with van der Waals surface area (Å²) in [6.07, 6.45) is 3.82. The highest BCUT2D eigenvalue weighted by Gasteiger charge is 2.32. The molecule has 0 radical (unpaired) electrons. The van der Waals surface area contributed by atoms with E-state index in [-0.39, 0.29) is 18.7 Å². The molecule has 0 aliphatic heterocycles. The maximum atomic E-state index is 12.5. The summed E-state index contributed by atoms with van der Waals surface area (Å²) in [5.41, 5.74) is 3.59. The second kappa shape index (κ2) is 7.63. The summed E-state index contributed by atoms with van der Waals surface area (Å²) in [7, 11) is 0. The molecule has 1 aromatic carbocycles. The van der Waals surface area contributed by atoms with Gasteiger partial charge in [0.2, 0.25) is 0 Å². The summed E-state index contributed by atoms with van der Waals surface area (Å²) in [6.45, 7) is 7.12. The van der Waals surface area contributed by atoms with Gasteiger partial charge in [0.05, 0.1) is 6.04 Å². The minimum absolute atomic E-state index is 0.00481. The molecule has 1 aliphatic carbocycles. The summed E-state index contributed by atoms with van der Waals surface area (Å²) in [6, 6.07) is 6.82. The molecule has 0 aromatic heterocycles. The molecule has 1 saturated carbocycles. The number of nitrogens with zero attached hydrogens (tertiary/aromatic N) is 1. The van der Waals surface area contributed by atoms with Gasteiger partial charge in [0.25, 0.3) is 0 Å². The van der Waals surface area contributed by atoms with Crippen molar-refractivity contribution in [2.45, 2.75) is 58.5 Å². The number of benzene rings is 1. The number of hydrogen-bond donors (Lipinski definition) is 2. The number of aryl methyl sites for hydroxylation is 2. The average Bonchev–Trinajstić information content (AvgIpc) is 3.26. The smallest absolute Gasteiger partial charge is 0.318 e. The van der Waals surface area contributed by atoms with Gasteiger partial charge in [-0.3, -0.25) is 0 Å². The van der Waals surface area contributed by atoms with Crippen molar-refractivity contribution < 1.29 is 9.90 Å². The van der Waals surface area contributed by atoms with Crippen LogP contribution in [0.2, 0.25) is 0 Å². The zero-order chi connectivity index (χ0) is 16.1. The van der Waals surface area contributed by atoms with E-state index in [0.29, 0.717) is 6.04 Å². The van der Waals surface area contributed by atoms with Crippen molar-refractivity contribution >= 4 is 6.03 Å².